The summed E-state index contributed by atoms with van der Waals surface area (Å²) in [5.74, 6) is -0.0692. The molecule has 0 fully saturated rings. The van der Waals surface area contributed by atoms with E-state index in [0.717, 1.165) is 6.07 Å². The molecule has 1 aromatic heterocycles. The number of nitrogens with zero attached hydrogens (tertiary/aromatic N) is 2. The second kappa shape index (κ2) is 7.83. The van der Waals surface area contributed by atoms with E-state index in [0.29, 0.717) is 23.9 Å². The molecule has 6 nitrogen and oxygen atoms in total. The Bertz CT molecular complexity index is 847. The van der Waals surface area contributed by atoms with Crippen molar-refractivity contribution in [2.24, 2.45) is 10.7 Å². The van der Waals surface area contributed by atoms with Gasteiger partial charge in [0.25, 0.3) is 6.43 Å². The molecular formula is C18H19F3N4O2. The number of hydrogen-bond donors (Lipinski definition) is 2. The summed E-state index contributed by atoms with van der Waals surface area (Å²) in [7, 11) is 0. The Morgan fingerprint density at radius 2 is 2.19 bits per heavy atom. The fraction of sp³-hybridized carbons (Fsp3) is 0.333. The fourth-order valence-electron chi connectivity index (χ4n) is 2.83. The van der Waals surface area contributed by atoms with Crippen LogP contribution in [0.25, 0.3) is 0 Å². The number of alkyl halides is 2. The molecule has 3 N–H and O–H groups in total. The lowest BCUT2D eigenvalue weighted by atomic mass is 9.90. The van der Waals surface area contributed by atoms with E-state index in [2.05, 4.69) is 15.3 Å². The highest BCUT2D eigenvalue weighted by atomic mass is 19.3. The summed E-state index contributed by atoms with van der Waals surface area (Å²) in [4.78, 5) is 8.02. The van der Waals surface area contributed by atoms with Crippen molar-refractivity contribution in [2.45, 2.75) is 18.9 Å². The van der Waals surface area contributed by atoms with Gasteiger partial charge in [-0.25, -0.2) is 18.2 Å². The number of amidine groups is 1. The van der Waals surface area contributed by atoms with E-state index in [-0.39, 0.29) is 18.0 Å². The maximum absolute atomic E-state index is 14.5. The molecule has 3 rings (SSSR count). The summed E-state index contributed by atoms with van der Waals surface area (Å²) < 4.78 is 52.8. The lowest BCUT2D eigenvalue weighted by molar-refractivity contribution is -0.0145. The van der Waals surface area contributed by atoms with Gasteiger partial charge in [0.15, 0.2) is 17.1 Å². The number of ether oxygens (including phenoxy) is 2. The van der Waals surface area contributed by atoms with E-state index in [9.17, 15) is 13.2 Å². The molecule has 144 valence electrons. The Morgan fingerprint density at radius 3 is 2.89 bits per heavy atom. The van der Waals surface area contributed by atoms with Crippen LogP contribution in [-0.2, 0) is 10.3 Å². The third-order valence-electron chi connectivity index (χ3n) is 4.04. The summed E-state index contributed by atoms with van der Waals surface area (Å²) in [6.45, 7) is 1.71. The molecule has 0 bridgehead atoms. The zero-order valence-electron chi connectivity index (χ0n) is 14.6. The quantitative estimate of drug-likeness (QED) is 0.804. The molecule has 9 heteroatoms. The molecule has 2 aromatic rings. The summed E-state index contributed by atoms with van der Waals surface area (Å²) in [5, 5.41) is 2.96. The van der Waals surface area contributed by atoms with Crippen molar-refractivity contribution < 1.29 is 22.6 Å². The molecule has 0 saturated carbocycles. The molecule has 0 amide bonds. The van der Waals surface area contributed by atoms with Gasteiger partial charge in [0.2, 0.25) is 0 Å². The normalized spacial score (nSPS) is 19.7. The van der Waals surface area contributed by atoms with Gasteiger partial charge in [0.05, 0.1) is 13.2 Å². The zero-order chi connectivity index (χ0) is 19.4. The van der Waals surface area contributed by atoms with Gasteiger partial charge in [-0.05, 0) is 37.3 Å². The number of pyridine rings is 1. The number of anilines is 2. The monoisotopic (exact) mass is 380 g/mol. The van der Waals surface area contributed by atoms with Crippen LogP contribution in [-0.4, -0.2) is 37.1 Å². The SMILES string of the molecule is CCOc1cccnc1Nc1ccc(F)c(C2(C(F)F)COCC(N)=N2)c1. The molecule has 0 aliphatic carbocycles. The third kappa shape index (κ3) is 3.82. The molecule has 0 spiro atoms. The zero-order valence-corrected chi connectivity index (χ0v) is 14.6. The number of aliphatic imine (C=N–C) groups is 1. The van der Waals surface area contributed by atoms with Crippen molar-refractivity contribution in [2.75, 3.05) is 25.1 Å². The smallest absolute Gasteiger partial charge is 0.269 e. The highest BCUT2D eigenvalue weighted by Crippen LogP contribution is 2.38. The van der Waals surface area contributed by atoms with Crippen LogP contribution in [0.1, 0.15) is 12.5 Å². The Morgan fingerprint density at radius 1 is 1.37 bits per heavy atom. The van der Waals surface area contributed by atoms with Crippen LogP contribution in [0.5, 0.6) is 5.75 Å². The molecule has 1 aliphatic heterocycles. The highest BCUT2D eigenvalue weighted by molar-refractivity contribution is 5.82. The van der Waals surface area contributed by atoms with E-state index < -0.39 is 24.4 Å². The molecule has 0 saturated heterocycles. The Balaban J connectivity index is 2.01. The van der Waals surface area contributed by atoms with Crippen molar-refractivity contribution in [1.29, 1.82) is 0 Å². The number of benzene rings is 1. The molecule has 0 radical (unpaired) electrons. The van der Waals surface area contributed by atoms with Gasteiger partial charge >= 0.3 is 0 Å². The van der Waals surface area contributed by atoms with E-state index in [1.165, 1.54) is 12.1 Å². The molecule has 1 aliphatic rings. The van der Waals surface area contributed by atoms with Crippen molar-refractivity contribution in [3.63, 3.8) is 0 Å². The van der Waals surface area contributed by atoms with Crippen LogP contribution in [0.4, 0.5) is 24.7 Å². The van der Waals surface area contributed by atoms with Crippen LogP contribution >= 0.6 is 0 Å². The van der Waals surface area contributed by atoms with E-state index in [1.54, 1.807) is 18.3 Å². The molecule has 2 heterocycles. The minimum absolute atomic E-state index is 0.0698. The van der Waals surface area contributed by atoms with Gasteiger partial charge in [0.1, 0.15) is 18.3 Å². The topological polar surface area (TPSA) is 81.8 Å². The van der Waals surface area contributed by atoms with Gasteiger partial charge in [-0.3, -0.25) is 4.99 Å². The highest BCUT2D eigenvalue weighted by Gasteiger charge is 2.46. The first-order valence-electron chi connectivity index (χ1n) is 8.31. The van der Waals surface area contributed by atoms with Gasteiger partial charge in [-0.2, -0.15) is 0 Å². The van der Waals surface area contributed by atoms with Crippen molar-refractivity contribution in [3.05, 3.63) is 47.9 Å². The Kier molecular flexibility index (Phi) is 5.50. The van der Waals surface area contributed by atoms with Crippen LogP contribution in [0.15, 0.2) is 41.5 Å². The Hall–Kier alpha value is -2.81. The van der Waals surface area contributed by atoms with Gasteiger partial charge in [0, 0.05) is 17.4 Å². The summed E-state index contributed by atoms with van der Waals surface area (Å²) >= 11 is 0. The molecular weight excluding hydrogens is 361 g/mol. The standard InChI is InChI=1S/C18H19F3N4O2/c1-2-27-14-4-3-7-23-16(14)24-11-5-6-13(19)12(8-11)18(17(20)21)10-26-9-15(22)25-18/h3-8,17H,2,9-10H2,1H3,(H2,22,25)(H,23,24). The summed E-state index contributed by atoms with van der Waals surface area (Å²) in [5.41, 5.74) is 3.43. The fourth-order valence-corrected chi connectivity index (χ4v) is 2.83. The van der Waals surface area contributed by atoms with E-state index >= 15 is 0 Å². The average molecular weight is 380 g/mol. The maximum Gasteiger partial charge on any atom is 0.269 e. The van der Waals surface area contributed by atoms with Gasteiger partial charge in [-0.1, -0.05) is 0 Å². The molecule has 1 aromatic carbocycles. The number of rotatable bonds is 6. The van der Waals surface area contributed by atoms with Crippen LogP contribution in [0.2, 0.25) is 0 Å². The summed E-state index contributed by atoms with van der Waals surface area (Å²) in [6.07, 6.45) is -1.45. The minimum Gasteiger partial charge on any atom is -0.490 e. The second-order valence-electron chi connectivity index (χ2n) is 5.92. The number of nitrogens with two attached hydrogens (primary N) is 1. The molecule has 27 heavy (non-hydrogen) atoms. The van der Waals surface area contributed by atoms with E-state index in [4.69, 9.17) is 15.2 Å². The predicted molar refractivity (Wildman–Crippen MR) is 95.2 cm³/mol. The lowest BCUT2D eigenvalue weighted by Crippen LogP contribution is -2.45. The lowest BCUT2D eigenvalue weighted by Gasteiger charge is -2.33. The number of nitrogens with one attached hydrogen (secondary N) is 1. The van der Waals surface area contributed by atoms with Crippen molar-refractivity contribution in [1.82, 2.24) is 4.98 Å². The first-order valence-corrected chi connectivity index (χ1v) is 8.31. The van der Waals surface area contributed by atoms with Crippen molar-refractivity contribution >= 4 is 17.3 Å². The van der Waals surface area contributed by atoms with Crippen molar-refractivity contribution in [3.8, 4) is 5.75 Å². The third-order valence-corrected chi connectivity index (χ3v) is 4.04. The molecule has 1 atom stereocenters. The number of hydrogen-bond acceptors (Lipinski definition) is 6. The van der Waals surface area contributed by atoms with Crippen LogP contribution in [0, 0.1) is 5.82 Å². The predicted octanol–water partition coefficient (Wildman–Crippen LogP) is 3.21. The summed E-state index contributed by atoms with van der Waals surface area (Å²) in [6, 6.07) is 7.18. The minimum atomic E-state index is -3.00. The maximum atomic E-state index is 14.5. The first-order chi connectivity index (χ1) is 13.0. The van der Waals surface area contributed by atoms with Crippen LogP contribution < -0.4 is 15.8 Å². The second-order valence-corrected chi connectivity index (χ2v) is 5.92. The first kappa shape index (κ1) is 19.0. The average Bonchev–Trinajstić information content (AvgIpc) is 2.65. The van der Waals surface area contributed by atoms with E-state index in [1.807, 2.05) is 6.92 Å². The van der Waals surface area contributed by atoms with Gasteiger partial charge in [-0.15, -0.1) is 0 Å². The largest absolute Gasteiger partial charge is 0.490 e. The van der Waals surface area contributed by atoms with Crippen LogP contribution in [0.3, 0.4) is 0 Å². The Labute approximate surface area is 154 Å². The van der Waals surface area contributed by atoms with Gasteiger partial charge < -0.3 is 20.5 Å². The number of aromatic nitrogens is 1. The molecule has 1 unspecified atom stereocenters. The number of halogens is 3.